The van der Waals surface area contributed by atoms with Crippen molar-refractivity contribution >= 4 is 20.7 Å². The van der Waals surface area contributed by atoms with Gasteiger partial charge in [-0.2, -0.15) is 0 Å². The van der Waals surface area contributed by atoms with E-state index in [2.05, 4.69) is 23.1 Å². The summed E-state index contributed by atoms with van der Waals surface area (Å²) in [6, 6.07) is 3.47. The van der Waals surface area contributed by atoms with Crippen molar-refractivity contribution in [2.45, 2.75) is 19.4 Å². The van der Waals surface area contributed by atoms with Crippen LogP contribution < -0.4 is 0 Å². The number of hydrogen-bond acceptors (Lipinski definition) is 1. The maximum absolute atomic E-state index is 12.8. The lowest BCUT2D eigenvalue weighted by atomic mass is 10.3. The molecule has 74 valence electrons. The summed E-state index contributed by atoms with van der Waals surface area (Å²) in [7, 11) is -0.337. The SMILES string of the molecule is CC(C)[SiH2]n1ccc2cc(F)cnc21. The molecule has 4 heteroatoms. The Morgan fingerprint density at radius 1 is 1.50 bits per heavy atom. The van der Waals surface area contributed by atoms with Crippen LogP contribution in [0.2, 0.25) is 5.54 Å². The maximum atomic E-state index is 12.8. The third-order valence-electron chi connectivity index (χ3n) is 2.13. The Morgan fingerprint density at radius 3 is 3.00 bits per heavy atom. The predicted molar refractivity (Wildman–Crippen MR) is 58.7 cm³/mol. The quantitative estimate of drug-likeness (QED) is 0.690. The molecule has 0 bridgehead atoms. The van der Waals surface area contributed by atoms with Crippen molar-refractivity contribution in [2.24, 2.45) is 0 Å². The van der Waals surface area contributed by atoms with Crippen molar-refractivity contribution in [3.8, 4) is 0 Å². The molecule has 0 aliphatic carbocycles. The Morgan fingerprint density at radius 2 is 2.29 bits per heavy atom. The molecular weight excluding hydrogens is 195 g/mol. The standard InChI is InChI=1S/C10H13FN2Si/c1-7(2)14-13-4-3-8-5-9(11)6-12-10(8)13/h3-7H,14H2,1-2H3. The van der Waals surface area contributed by atoms with Gasteiger partial charge in [-0.05, 0) is 23.9 Å². The van der Waals surface area contributed by atoms with E-state index in [1.54, 1.807) is 0 Å². The fourth-order valence-electron chi connectivity index (χ4n) is 1.59. The van der Waals surface area contributed by atoms with Gasteiger partial charge in [-0.15, -0.1) is 0 Å². The number of nitrogens with zero attached hydrogens (tertiary/aromatic N) is 2. The number of fused-ring (bicyclic) bond motifs is 1. The highest BCUT2D eigenvalue weighted by molar-refractivity contribution is 6.37. The molecule has 2 aromatic rings. The smallest absolute Gasteiger partial charge is 0.142 e. The van der Waals surface area contributed by atoms with Crippen molar-refractivity contribution in [2.75, 3.05) is 0 Å². The molecule has 14 heavy (non-hydrogen) atoms. The van der Waals surface area contributed by atoms with Gasteiger partial charge in [-0.1, -0.05) is 13.8 Å². The molecule has 0 spiro atoms. The van der Waals surface area contributed by atoms with Crippen molar-refractivity contribution in [1.82, 2.24) is 9.22 Å². The largest absolute Gasteiger partial charge is 0.365 e. The number of rotatable bonds is 2. The lowest BCUT2D eigenvalue weighted by Crippen LogP contribution is -2.08. The van der Waals surface area contributed by atoms with Crippen LogP contribution >= 0.6 is 0 Å². The minimum Gasteiger partial charge on any atom is -0.365 e. The van der Waals surface area contributed by atoms with Crippen LogP contribution in [-0.4, -0.2) is 18.9 Å². The fraction of sp³-hybridized carbons (Fsp3) is 0.300. The first kappa shape index (κ1) is 9.39. The molecule has 0 saturated carbocycles. The van der Waals surface area contributed by atoms with E-state index in [1.165, 1.54) is 12.3 Å². The van der Waals surface area contributed by atoms with Crippen LogP contribution in [0.4, 0.5) is 4.39 Å². The second kappa shape index (κ2) is 3.53. The molecule has 0 radical (unpaired) electrons. The normalized spacial score (nSPS) is 12.3. The van der Waals surface area contributed by atoms with Crippen molar-refractivity contribution in [3.63, 3.8) is 0 Å². The number of aromatic nitrogens is 2. The van der Waals surface area contributed by atoms with E-state index in [4.69, 9.17) is 0 Å². The molecule has 2 nitrogen and oxygen atoms in total. The molecule has 0 unspecified atom stereocenters. The van der Waals surface area contributed by atoms with Gasteiger partial charge < -0.3 is 4.23 Å². The third kappa shape index (κ3) is 1.70. The molecule has 0 aliphatic rings. The monoisotopic (exact) mass is 208 g/mol. The van der Waals surface area contributed by atoms with Gasteiger partial charge in [0.05, 0.1) is 6.20 Å². The molecule has 2 rings (SSSR count). The number of halogens is 1. The average Bonchev–Trinajstić information content (AvgIpc) is 2.47. The average molecular weight is 208 g/mol. The van der Waals surface area contributed by atoms with Gasteiger partial charge in [0, 0.05) is 5.39 Å². The molecule has 0 aromatic carbocycles. The van der Waals surface area contributed by atoms with E-state index in [-0.39, 0.29) is 15.5 Å². The summed E-state index contributed by atoms with van der Waals surface area (Å²) >= 11 is 0. The summed E-state index contributed by atoms with van der Waals surface area (Å²) in [4.78, 5) is 4.12. The predicted octanol–water partition coefficient (Wildman–Crippen LogP) is 1.94. The molecule has 0 saturated heterocycles. The Labute approximate surface area is 84.7 Å². The zero-order valence-corrected chi connectivity index (χ0v) is 9.78. The summed E-state index contributed by atoms with van der Waals surface area (Å²) < 4.78 is 15.0. The van der Waals surface area contributed by atoms with Gasteiger partial charge in [-0.3, -0.25) is 0 Å². The number of pyridine rings is 1. The Hall–Kier alpha value is -1.16. The fourth-order valence-corrected chi connectivity index (χ4v) is 3.04. The van der Waals surface area contributed by atoms with Crippen molar-refractivity contribution in [1.29, 1.82) is 0 Å². The van der Waals surface area contributed by atoms with Gasteiger partial charge in [-0.25, -0.2) is 9.37 Å². The first-order valence-corrected chi connectivity index (χ1v) is 6.22. The van der Waals surface area contributed by atoms with Crippen LogP contribution in [-0.2, 0) is 0 Å². The summed E-state index contributed by atoms with van der Waals surface area (Å²) in [5, 5.41) is 0.901. The second-order valence-corrected chi connectivity index (χ2v) is 6.61. The van der Waals surface area contributed by atoms with E-state index in [1.807, 2.05) is 12.3 Å². The summed E-state index contributed by atoms with van der Waals surface area (Å²) in [5.41, 5.74) is 1.63. The first-order chi connectivity index (χ1) is 6.66. The molecule has 0 amide bonds. The van der Waals surface area contributed by atoms with Gasteiger partial charge in [0.15, 0.2) is 0 Å². The first-order valence-electron chi connectivity index (χ1n) is 4.77. The van der Waals surface area contributed by atoms with Crippen LogP contribution in [0.3, 0.4) is 0 Å². The lowest BCUT2D eigenvalue weighted by Gasteiger charge is -2.06. The minimum atomic E-state index is -0.337. The highest BCUT2D eigenvalue weighted by Gasteiger charge is 2.05. The van der Waals surface area contributed by atoms with Crippen LogP contribution in [0, 0.1) is 5.82 Å². The molecule has 0 N–H and O–H groups in total. The Bertz CT molecular complexity index is 450. The van der Waals surface area contributed by atoms with Gasteiger partial charge in [0.2, 0.25) is 0 Å². The van der Waals surface area contributed by atoms with Crippen LogP contribution in [0.15, 0.2) is 24.5 Å². The number of hydrogen-bond donors (Lipinski definition) is 0. The second-order valence-electron chi connectivity index (χ2n) is 3.93. The zero-order valence-electron chi connectivity index (χ0n) is 8.37. The van der Waals surface area contributed by atoms with Gasteiger partial charge in [0.25, 0.3) is 0 Å². The van der Waals surface area contributed by atoms with Crippen molar-refractivity contribution < 1.29 is 4.39 Å². The molecule has 0 aliphatic heterocycles. The minimum absolute atomic E-state index is 0.263. The third-order valence-corrected chi connectivity index (χ3v) is 3.76. The van der Waals surface area contributed by atoms with E-state index >= 15 is 0 Å². The topological polar surface area (TPSA) is 17.8 Å². The van der Waals surface area contributed by atoms with E-state index < -0.39 is 0 Å². The molecule has 0 fully saturated rings. The van der Waals surface area contributed by atoms with E-state index in [0.29, 0.717) is 5.54 Å². The van der Waals surface area contributed by atoms with Crippen LogP contribution in [0.1, 0.15) is 13.8 Å². The molecular formula is C10H13FN2Si. The highest BCUT2D eigenvalue weighted by Crippen LogP contribution is 2.14. The molecule has 2 heterocycles. The summed E-state index contributed by atoms with van der Waals surface area (Å²) in [5.74, 6) is -0.263. The Balaban J connectivity index is 2.47. The zero-order chi connectivity index (χ0) is 10.1. The maximum Gasteiger partial charge on any atom is 0.142 e. The lowest BCUT2D eigenvalue weighted by molar-refractivity contribution is 0.624. The summed E-state index contributed by atoms with van der Waals surface area (Å²) in [6.45, 7) is 4.42. The molecule has 2 aromatic heterocycles. The van der Waals surface area contributed by atoms with Crippen LogP contribution in [0.25, 0.3) is 11.0 Å². The van der Waals surface area contributed by atoms with Gasteiger partial charge in [0.1, 0.15) is 21.1 Å². The highest BCUT2D eigenvalue weighted by atomic mass is 28.2. The van der Waals surface area contributed by atoms with Gasteiger partial charge >= 0.3 is 0 Å². The van der Waals surface area contributed by atoms with Crippen LogP contribution in [0.5, 0.6) is 0 Å². The van der Waals surface area contributed by atoms with Crippen molar-refractivity contribution in [3.05, 3.63) is 30.3 Å². The molecule has 0 atom stereocenters. The Kier molecular flexibility index (Phi) is 2.37. The summed E-state index contributed by atoms with van der Waals surface area (Å²) in [6.07, 6.45) is 3.30. The van der Waals surface area contributed by atoms with E-state index in [9.17, 15) is 4.39 Å². The van der Waals surface area contributed by atoms with E-state index in [0.717, 1.165) is 11.0 Å².